The SMILES string of the molecule is C=CC(C)C(C)CCCCCc1ccccc1. The van der Waals surface area contributed by atoms with Crippen LogP contribution in [0.15, 0.2) is 43.0 Å². The molecule has 0 heterocycles. The largest absolute Gasteiger partial charge is 0.103 e. The number of unbranched alkanes of at least 4 members (excludes halogenated alkanes) is 2. The van der Waals surface area contributed by atoms with E-state index in [0.29, 0.717) is 5.92 Å². The third-order valence-corrected chi connectivity index (χ3v) is 3.74. The molecule has 17 heavy (non-hydrogen) atoms. The summed E-state index contributed by atoms with van der Waals surface area (Å²) < 4.78 is 0. The maximum atomic E-state index is 3.87. The Morgan fingerprint density at radius 2 is 1.76 bits per heavy atom. The highest BCUT2D eigenvalue weighted by Gasteiger charge is 2.07. The summed E-state index contributed by atoms with van der Waals surface area (Å²) in [7, 11) is 0. The van der Waals surface area contributed by atoms with Crippen LogP contribution in [-0.4, -0.2) is 0 Å². The molecule has 0 radical (unpaired) electrons. The zero-order chi connectivity index (χ0) is 12.5. The highest BCUT2D eigenvalue weighted by Crippen LogP contribution is 2.19. The van der Waals surface area contributed by atoms with Crippen LogP contribution in [0.2, 0.25) is 0 Å². The molecule has 0 nitrogen and oxygen atoms in total. The monoisotopic (exact) mass is 230 g/mol. The van der Waals surface area contributed by atoms with Crippen molar-refractivity contribution < 1.29 is 0 Å². The van der Waals surface area contributed by atoms with Crippen LogP contribution in [0, 0.1) is 11.8 Å². The van der Waals surface area contributed by atoms with E-state index in [9.17, 15) is 0 Å². The van der Waals surface area contributed by atoms with E-state index in [1.807, 2.05) is 0 Å². The fraction of sp³-hybridized carbons (Fsp3) is 0.529. The van der Waals surface area contributed by atoms with E-state index >= 15 is 0 Å². The molecule has 1 rings (SSSR count). The first-order valence-corrected chi connectivity index (χ1v) is 6.90. The first-order valence-electron chi connectivity index (χ1n) is 6.90. The topological polar surface area (TPSA) is 0 Å². The number of hydrogen-bond donors (Lipinski definition) is 0. The summed E-state index contributed by atoms with van der Waals surface area (Å²) in [6, 6.07) is 10.8. The first-order chi connectivity index (χ1) is 8.24. The van der Waals surface area contributed by atoms with Crippen molar-refractivity contribution in [3.05, 3.63) is 48.6 Å². The Labute approximate surface area is 107 Å². The van der Waals surface area contributed by atoms with Gasteiger partial charge < -0.3 is 0 Å². The van der Waals surface area contributed by atoms with Crippen molar-refractivity contribution in [3.63, 3.8) is 0 Å². The maximum absolute atomic E-state index is 3.87. The number of aryl methyl sites for hydroxylation is 1. The van der Waals surface area contributed by atoms with E-state index in [2.05, 4.69) is 56.8 Å². The van der Waals surface area contributed by atoms with Gasteiger partial charge in [-0.3, -0.25) is 0 Å². The predicted octanol–water partition coefficient (Wildman–Crippen LogP) is 5.25. The lowest BCUT2D eigenvalue weighted by atomic mass is 9.90. The predicted molar refractivity (Wildman–Crippen MR) is 77.1 cm³/mol. The minimum absolute atomic E-state index is 0.657. The fourth-order valence-electron chi connectivity index (χ4n) is 2.11. The van der Waals surface area contributed by atoms with Crippen molar-refractivity contribution in [2.45, 2.75) is 46.0 Å². The highest BCUT2D eigenvalue weighted by atomic mass is 14.1. The molecule has 94 valence electrons. The van der Waals surface area contributed by atoms with Crippen LogP contribution < -0.4 is 0 Å². The van der Waals surface area contributed by atoms with Gasteiger partial charge in [-0.05, 0) is 30.2 Å². The van der Waals surface area contributed by atoms with E-state index in [-0.39, 0.29) is 0 Å². The molecule has 0 aromatic heterocycles. The summed E-state index contributed by atoms with van der Waals surface area (Å²) in [5.74, 6) is 1.44. The molecular weight excluding hydrogens is 204 g/mol. The van der Waals surface area contributed by atoms with Gasteiger partial charge >= 0.3 is 0 Å². The lowest BCUT2D eigenvalue weighted by molar-refractivity contribution is 0.407. The first kappa shape index (κ1) is 14.0. The Hall–Kier alpha value is -1.04. The molecule has 1 aromatic carbocycles. The number of benzene rings is 1. The van der Waals surface area contributed by atoms with Gasteiger partial charge in [0.25, 0.3) is 0 Å². The molecule has 1 aromatic rings. The molecule has 0 saturated heterocycles. The van der Waals surface area contributed by atoms with Gasteiger partial charge in [0.1, 0.15) is 0 Å². The van der Waals surface area contributed by atoms with Gasteiger partial charge in [0.15, 0.2) is 0 Å². The number of hydrogen-bond acceptors (Lipinski definition) is 0. The molecule has 0 aliphatic carbocycles. The van der Waals surface area contributed by atoms with Gasteiger partial charge in [0.05, 0.1) is 0 Å². The van der Waals surface area contributed by atoms with Crippen LogP contribution in [0.3, 0.4) is 0 Å². The minimum Gasteiger partial charge on any atom is -0.103 e. The van der Waals surface area contributed by atoms with Crippen LogP contribution in [0.4, 0.5) is 0 Å². The minimum atomic E-state index is 0.657. The molecule has 0 spiro atoms. The molecule has 0 N–H and O–H groups in total. The van der Waals surface area contributed by atoms with Crippen LogP contribution in [-0.2, 0) is 6.42 Å². The molecule has 0 amide bonds. The Bertz CT molecular complexity index is 299. The van der Waals surface area contributed by atoms with Gasteiger partial charge in [-0.1, -0.05) is 69.5 Å². The lowest BCUT2D eigenvalue weighted by Gasteiger charge is -2.15. The second-order valence-electron chi connectivity index (χ2n) is 5.16. The van der Waals surface area contributed by atoms with Gasteiger partial charge in [-0.2, -0.15) is 0 Å². The second-order valence-corrected chi connectivity index (χ2v) is 5.16. The van der Waals surface area contributed by atoms with Crippen molar-refractivity contribution in [1.82, 2.24) is 0 Å². The summed E-state index contributed by atoms with van der Waals surface area (Å²) in [5.41, 5.74) is 1.47. The van der Waals surface area contributed by atoms with Crippen molar-refractivity contribution in [1.29, 1.82) is 0 Å². The number of rotatable bonds is 8. The van der Waals surface area contributed by atoms with E-state index in [1.54, 1.807) is 0 Å². The third kappa shape index (κ3) is 5.72. The molecular formula is C17H26. The molecule has 0 aliphatic heterocycles. The summed E-state index contributed by atoms with van der Waals surface area (Å²) in [6.45, 7) is 8.47. The van der Waals surface area contributed by atoms with Gasteiger partial charge in [0, 0.05) is 0 Å². The van der Waals surface area contributed by atoms with E-state index in [0.717, 1.165) is 5.92 Å². The van der Waals surface area contributed by atoms with Crippen LogP contribution in [0.5, 0.6) is 0 Å². The molecule has 0 saturated carbocycles. The summed E-state index contributed by atoms with van der Waals surface area (Å²) >= 11 is 0. The Kier molecular flexibility index (Phi) is 6.69. The summed E-state index contributed by atoms with van der Waals surface area (Å²) in [4.78, 5) is 0. The lowest BCUT2D eigenvalue weighted by Crippen LogP contribution is -2.04. The highest BCUT2D eigenvalue weighted by molar-refractivity contribution is 5.14. The molecule has 0 heteroatoms. The smallest absolute Gasteiger partial charge is 0.0239 e. The van der Waals surface area contributed by atoms with Crippen molar-refractivity contribution >= 4 is 0 Å². The molecule has 2 atom stereocenters. The second kappa shape index (κ2) is 8.11. The van der Waals surface area contributed by atoms with Crippen molar-refractivity contribution in [2.24, 2.45) is 11.8 Å². The molecule has 0 bridgehead atoms. The van der Waals surface area contributed by atoms with Gasteiger partial charge in [-0.25, -0.2) is 0 Å². The average molecular weight is 230 g/mol. The number of allylic oxidation sites excluding steroid dienone is 1. The molecule has 2 unspecified atom stereocenters. The Balaban J connectivity index is 2.07. The zero-order valence-corrected chi connectivity index (χ0v) is 11.4. The van der Waals surface area contributed by atoms with E-state index in [1.165, 1.54) is 37.7 Å². The van der Waals surface area contributed by atoms with Crippen molar-refractivity contribution in [3.8, 4) is 0 Å². The quantitative estimate of drug-likeness (QED) is 0.423. The van der Waals surface area contributed by atoms with Crippen LogP contribution >= 0.6 is 0 Å². The van der Waals surface area contributed by atoms with Crippen LogP contribution in [0.1, 0.15) is 45.1 Å². The molecule has 0 fully saturated rings. The summed E-state index contributed by atoms with van der Waals surface area (Å²) in [5, 5.41) is 0. The van der Waals surface area contributed by atoms with E-state index in [4.69, 9.17) is 0 Å². The average Bonchev–Trinajstić information content (AvgIpc) is 2.38. The Morgan fingerprint density at radius 3 is 2.41 bits per heavy atom. The summed E-state index contributed by atoms with van der Waals surface area (Å²) in [6.07, 6.45) is 8.66. The van der Waals surface area contributed by atoms with Crippen LogP contribution in [0.25, 0.3) is 0 Å². The van der Waals surface area contributed by atoms with Gasteiger partial charge in [0.2, 0.25) is 0 Å². The standard InChI is InChI=1S/C17H26/c1-4-15(2)16(3)11-7-5-8-12-17-13-9-6-10-14-17/h4,6,9-10,13-16H,1,5,7-8,11-12H2,2-3H3. The molecule has 0 aliphatic rings. The third-order valence-electron chi connectivity index (χ3n) is 3.74. The van der Waals surface area contributed by atoms with Gasteiger partial charge in [-0.15, -0.1) is 6.58 Å². The normalized spacial score (nSPS) is 14.2. The maximum Gasteiger partial charge on any atom is -0.0239 e. The van der Waals surface area contributed by atoms with E-state index < -0.39 is 0 Å². The fourth-order valence-corrected chi connectivity index (χ4v) is 2.11. The van der Waals surface area contributed by atoms with Crippen molar-refractivity contribution in [2.75, 3.05) is 0 Å². The Morgan fingerprint density at radius 1 is 1.06 bits per heavy atom. The zero-order valence-electron chi connectivity index (χ0n) is 11.4.